The van der Waals surface area contributed by atoms with Crippen molar-refractivity contribution < 1.29 is 17.9 Å². The Labute approximate surface area is 207 Å². The molecule has 3 aromatic carbocycles. The highest BCUT2D eigenvalue weighted by molar-refractivity contribution is 7.92. The number of fused-ring (bicyclic) bond motifs is 2. The fourth-order valence-electron chi connectivity index (χ4n) is 4.82. The Morgan fingerprint density at radius 1 is 1.00 bits per heavy atom. The molecule has 6 nitrogen and oxygen atoms in total. The number of anilines is 1. The average molecular weight is 491 g/mol. The number of rotatable bonds is 5. The second kappa shape index (κ2) is 9.38. The number of amides is 1. The summed E-state index contributed by atoms with van der Waals surface area (Å²) < 4.78 is 34.4. The van der Waals surface area contributed by atoms with Crippen LogP contribution >= 0.6 is 0 Å². The van der Waals surface area contributed by atoms with E-state index in [4.69, 9.17) is 4.74 Å². The van der Waals surface area contributed by atoms with Crippen LogP contribution in [0, 0.1) is 6.92 Å². The van der Waals surface area contributed by atoms with Gasteiger partial charge < -0.3 is 10.1 Å². The molecule has 0 fully saturated rings. The molecule has 35 heavy (non-hydrogen) atoms. The number of carbonyl (C=O) groups is 1. The van der Waals surface area contributed by atoms with E-state index in [1.165, 1.54) is 28.3 Å². The number of ether oxygens (including phenoxy) is 1. The molecule has 1 N–H and O–H groups in total. The van der Waals surface area contributed by atoms with E-state index < -0.39 is 16.1 Å². The van der Waals surface area contributed by atoms with E-state index in [1.54, 1.807) is 48.5 Å². The minimum Gasteiger partial charge on any atom is -0.476 e. The Bertz CT molecular complexity index is 1350. The molecule has 2 aliphatic rings. The molecule has 5 rings (SSSR count). The highest BCUT2D eigenvalue weighted by atomic mass is 32.2. The van der Waals surface area contributed by atoms with Gasteiger partial charge in [0.25, 0.3) is 15.9 Å². The molecule has 3 aromatic rings. The quantitative estimate of drug-likeness (QED) is 0.562. The lowest BCUT2D eigenvalue weighted by Crippen LogP contribution is -2.51. The molecule has 0 bridgehead atoms. The molecular weight excluding hydrogens is 460 g/mol. The van der Waals surface area contributed by atoms with Crippen LogP contribution in [-0.4, -0.2) is 27.0 Å². The van der Waals surface area contributed by atoms with Crippen molar-refractivity contribution in [2.24, 2.45) is 0 Å². The third-order valence-electron chi connectivity index (χ3n) is 6.87. The van der Waals surface area contributed by atoms with Crippen LogP contribution in [0.15, 0.2) is 71.6 Å². The molecule has 0 unspecified atom stereocenters. The van der Waals surface area contributed by atoms with Gasteiger partial charge in [0.05, 0.1) is 23.2 Å². The number of para-hydroxylation sites is 2. The number of nitrogens with zero attached hydrogens (tertiary/aromatic N) is 1. The molecule has 1 amide bonds. The van der Waals surface area contributed by atoms with Gasteiger partial charge in [0, 0.05) is 0 Å². The summed E-state index contributed by atoms with van der Waals surface area (Å²) in [6, 6.07) is 19.8. The Balaban J connectivity index is 1.38. The summed E-state index contributed by atoms with van der Waals surface area (Å²) in [5, 5.41) is 3.04. The standard InChI is InChI=1S/C28H30N2O4S/c1-19-11-15-24(16-12-19)35(32,33)30-18-27(34-26-10-6-5-9-25(26)30)28(31)29-20(2)22-14-13-21-7-3-4-8-23(21)17-22/h5-6,9-17,20,27H,3-4,7-8,18H2,1-2H3,(H,29,31)/t20-,27-/m1/s1. The monoisotopic (exact) mass is 490 g/mol. The van der Waals surface area contributed by atoms with E-state index >= 15 is 0 Å². The van der Waals surface area contributed by atoms with E-state index in [2.05, 4.69) is 23.5 Å². The van der Waals surface area contributed by atoms with Gasteiger partial charge in [-0.05, 0) is 80.5 Å². The molecule has 0 radical (unpaired) electrons. The molecule has 0 spiro atoms. The number of nitrogens with one attached hydrogen (secondary N) is 1. The molecule has 1 heterocycles. The van der Waals surface area contributed by atoms with Crippen molar-refractivity contribution in [2.45, 2.75) is 56.6 Å². The van der Waals surface area contributed by atoms with Gasteiger partial charge in [-0.1, -0.05) is 48.0 Å². The maximum atomic E-state index is 13.5. The zero-order chi connectivity index (χ0) is 24.6. The largest absolute Gasteiger partial charge is 0.476 e. The average Bonchev–Trinajstić information content (AvgIpc) is 2.87. The summed E-state index contributed by atoms with van der Waals surface area (Å²) in [4.78, 5) is 13.5. The zero-order valence-corrected chi connectivity index (χ0v) is 20.8. The molecule has 1 aliphatic carbocycles. The fraction of sp³-hybridized carbons (Fsp3) is 0.321. The van der Waals surface area contributed by atoms with E-state index in [0.717, 1.165) is 24.0 Å². The first-order valence-corrected chi connectivity index (χ1v) is 13.5. The van der Waals surface area contributed by atoms with Crippen molar-refractivity contribution >= 4 is 21.6 Å². The second-order valence-electron chi connectivity index (χ2n) is 9.39. The first-order valence-electron chi connectivity index (χ1n) is 12.1. The molecule has 1 aliphatic heterocycles. The van der Waals surface area contributed by atoms with Crippen molar-refractivity contribution in [3.63, 3.8) is 0 Å². The van der Waals surface area contributed by atoms with Crippen molar-refractivity contribution in [3.05, 3.63) is 89.0 Å². The smallest absolute Gasteiger partial charge is 0.264 e. The van der Waals surface area contributed by atoms with Crippen LogP contribution in [0.3, 0.4) is 0 Å². The van der Waals surface area contributed by atoms with Crippen LogP contribution < -0.4 is 14.4 Å². The lowest BCUT2D eigenvalue weighted by molar-refractivity contribution is -0.128. The summed E-state index contributed by atoms with van der Waals surface area (Å²) in [6.45, 7) is 3.75. The molecule has 0 aromatic heterocycles. The van der Waals surface area contributed by atoms with Gasteiger partial charge in [-0.2, -0.15) is 0 Å². The number of benzene rings is 3. The first-order chi connectivity index (χ1) is 16.8. The van der Waals surface area contributed by atoms with Gasteiger partial charge in [-0.25, -0.2) is 8.42 Å². The maximum absolute atomic E-state index is 13.5. The molecule has 0 saturated carbocycles. The van der Waals surface area contributed by atoms with Gasteiger partial charge in [-0.15, -0.1) is 0 Å². The van der Waals surface area contributed by atoms with E-state index in [0.29, 0.717) is 11.4 Å². The van der Waals surface area contributed by atoms with E-state index in [1.807, 2.05) is 13.8 Å². The van der Waals surface area contributed by atoms with E-state index in [9.17, 15) is 13.2 Å². The van der Waals surface area contributed by atoms with Crippen LogP contribution in [0.4, 0.5) is 5.69 Å². The highest BCUT2D eigenvalue weighted by Crippen LogP contribution is 2.37. The van der Waals surface area contributed by atoms with Crippen LogP contribution in [0.2, 0.25) is 0 Å². The Morgan fingerprint density at radius 2 is 1.71 bits per heavy atom. The van der Waals surface area contributed by atoms with Gasteiger partial charge in [0.15, 0.2) is 6.10 Å². The third-order valence-corrected chi connectivity index (χ3v) is 8.66. The van der Waals surface area contributed by atoms with Crippen molar-refractivity contribution in [1.82, 2.24) is 5.32 Å². The molecular formula is C28H30N2O4S. The van der Waals surface area contributed by atoms with Gasteiger partial charge in [-0.3, -0.25) is 9.10 Å². The Hall–Kier alpha value is -3.32. The predicted octanol–water partition coefficient (Wildman–Crippen LogP) is 4.71. The third kappa shape index (κ3) is 4.65. The SMILES string of the molecule is Cc1ccc(S(=O)(=O)N2C[C@H](C(=O)N[C@H](C)c3ccc4c(c3)CCCC4)Oc3ccccc32)cc1. The normalized spacial score (nSPS) is 18.1. The molecule has 7 heteroatoms. The lowest BCUT2D eigenvalue weighted by Gasteiger charge is -2.35. The summed E-state index contributed by atoms with van der Waals surface area (Å²) in [7, 11) is -3.88. The molecule has 2 atom stereocenters. The topological polar surface area (TPSA) is 75.7 Å². The van der Waals surface area contributed by atoms with Gasteiger partial charge >= 0.3 is 0 Å². The maximum Gasteiger partial charge on any atom is 0.264 e. The lowest BCUT2D eigenvalue weighted by atomic mass is 9.89. The Morgan fingerprint density at radius 3 is 2.49 bits per heavy atom. The van der Waals surface area contributed by atoms with Crippen molar-refractivity contribution in [3.8, 4) is 5.75 Å². The second-order valence-corrected chi connectivity index (χ2v) is 11.3. The highest BCUT2D eigenvalue weighted by Gasteiger charge is 2.37. The van der Waals surface area contributed by atoms with Crippen LogP contribution in [0.25, 0.3) is 0 Å². The van der Waals surface area contributed by atoms with Crippen molar-refractivity contribution in [2.75, 3.05) is 10.8 Å². The van der Waals surface area contributed by atoms with Gasteiger partial charge in [0.1, 0.15) is 5.75 Å². The molecule has 0 saturated heterocycles. The van der Waals surface area contributed by atoms with Crippen LogP contribution in [0.1, 0.15) is 48.1 Å². The predicted molar refractivity (Wildman–Crippen MR) is 136 cm³/mol. The van der Waals surface area contributed by atoms with Crippen LogP contribution in [-0.2, 0) is 27.7 Å². The number of hydrogen-bond acceptors (Lipinski definition) is 4. The number of sulfonamides is 1. The number of hydrogen-bond donors (Lipinski definition) is 1. The summed E-state index contributed by atoms with van der Waals surface area (Å²) >= 11 is 0. The number of carbonyl (C=O) groups excluding carboxylic acids is 1. The summed E-state index contributed by atoms with van der Waals surface area (Å²) in [5.41, 5.74) is 5.19. The number of aryl methyl sites for hydroxylation is 3. The van der Waals surface area contributed by atoms with Gasteiger partial charge in [0.2, 0.25) is 0 Å². The van der Waals surface area contributed by atoms with Crippen molar-refractivity contribution in [1.29, 1.82) is 0 Å². The zero-order valence-electron chi connectivity index (χ0n) is 20.0. The Kier molecular flexibility index (Phi) is 6.28. The summed E-state index contributed by atoms with van der Waals surface area (Å²) in [6.07, 6.45) is 3.62. The van der Waals surface area contributed by atoms with Crippen LogP contribution in [0.5, 0.6) is 5.75 Å². The molecule has 182 valence electrons. The minimum atomic E-state index is -3.88. The summed E-state index contributed by atoms with van der Waals surface area (Å²) in [5.74, 6) is 0.0323. The van der Waals surface area contributed by atoms with E-state index in [-0.39, 0.29) is 23.4 Å². The minimum absolute atomic E-state index is 0.101. The fourth-order valence-corrected chi connectivity index (χ4v) is 6.29. The first kappa shape index (κ1) is 23.4.